The number of nitrogens with zero attached hydrogens (tertiary/aromatic N) is 6. The number of oxazole rings is 1. The first-order valence-corrected chi connectivity index (χ1v) is 8.42. The standard InChI is InChI=1S/C18H16N6O2/c1-11-14-3-5-24(15(14)9-23(11)10-20)18(25)17-22-8-16(26-17)12-2-4-21-13(6-12)7-19/h2,4,6,8,11,14-15H,3,5,9H2,1H3/t11-,14+,15-/m1/s1. The third-order valence-corrected chi connectivity index (χ3v) is 5.33. The number of rotatable bonds is 2. The van der Waals surface area contributed by atoms with Gasteiger partial charge in [-0.1, -0.05) is 0 Å². The second-order valence-electron chi connectivity index (χ2n) is 6.58. The topological polar surface area (TPSA) is 110 Å². The number of likely N-dealkylation sites (tertiary alicyclic amines) is 2. The Bertz CT molecular complexity index is 940. The van der Waals surface area contributed by atoms with E-state index in [0.717, 1.165) is 6.42 Å². The molecule has 130 valence electrons. The van der Waals surface area contributed by atoms with Gasteiger partial charge in [0.25, 0.3) is 5.89 Å². The monoisotopic (exact) mass is 348 g/mol. The van der Waals surface area contributed by atoms with Crippen LogP contribution in [0.15, 0.2) is 28.9 Å². The van der Waals surface area contributed by atoms with Crippen molar-refractivity contribution in [1.82, 2.24) is 19.8 Å². The highest BCUT2D eigenvalue weighted by Crippen LogP contribution is 2.36. The Balaban J connectivity index is 1.56. The summed E-state index contributed by atoms with van der Waals surface area (Å²) < 4.78 is 5.65. The van der Waals surface area contributed by atoms with Crippen molar-refractivity contribution in [3.05, 3.63) is 36.1 Å². The molecule has 0 unspecified atom stereocenters. The predicted molar refractivity (Wildman–Crippen MR) is 89.2 cm³/mol. The van der Waals surface area contributed by atoms with Gasteiger partial charge in [-0.25, -0.2) is 9.97 Å². The van der Waals surface area contributed by atoms with E-state index in [1.54, 1.807) is 21.9 Å². The van der Waals surface area contributed by atoms with Gasteiger partial charge in [-0.15, -0.1) is 0 Å². The van der Waals surface area contributed by atoms with Crippen LogP contribution in [-0.4, -0.2) is 50.8 Å². The molecule has 0 N–H and O–H groups in total. The number of hydrogen-bond acceptors (Lipinski definition) is 7. The Labute approximate surface area is 150 Å². The van der Waals surface area contributed by atoms with Crippen LogP contribution in [0.1, 0.15) is 29.7 Å². The molecular formula is C18H16N6O2. The zero-order chi connectivity index (χ0) is 18.3. The number of nitriles is 2. The van der Waals surface area contributed by atoms with Crippen LogP contribution >= 0.6 is 0 Å². The lowest BCUT2D eigenvalue weighted by Gasteiger charge is -2.22. The van der Waals surface area contributed by atoms with Gasteiger partial charge in [0.05, 0.1) is 12.2 Å². The molecule has 3 atom stereocenters. The quantitative estimate of drug-likeness (QED) is 0.758. The second kappa shape index (κ2) is 6.16. The molecule has 1 amide bonds. The zero-order valence-electron chi connectivity index (χ0n) is 14.2. The molecule has 26 heavy (non-hydrogen) atoms. The maximum absolute atomic E-state index is 12.9. The van der Waals surface area contributed by atoms with Crippen molar-refractivity contribution in [1.29, 1.82) is 10.5 Å². The molecule has 8 heteroatoms. The van der Waals surface area contributed by atoms with Gasteiger partial charge < -0.3 is 14.2 Å². The minimum absolute atomic E-state index is 0.0126. The minimum atomic E-state index is -0.259. The Morgan fingerprint density at radius 3 is 3.00 bits per heavy atom. The van der Waals surface area contributed by atoms with Gasteiger partial charge in [-0.2, -0.15) is 10.5 Å². The maximum atomic E-state index is 12.9. The van der Waals surface area contributed by atoms with E-state index in [9.17, 15) is 10.1 Å². The van der Waals surface area contributed by atoms with Crippen LogP contribution in [0.5, 0.6) is 0 Å². The van der Waals surface area contributed by atoms with Crippen molar-refractivity contribution in [2.75, 3.05) is 13.1 Å². The number of aromatic nitrogens is 2. The zero-order valence-corrected chi connectivity index (χ0v) is 14.2. The SMILES string of the molecule is C[C@@H]1[C@@H]2CCN(C(=O)c3ncc(-c4ccnc(C#N)c4)o3)[C@@H]2CN1C#N. The molecule has 2 saturated heterocycles. The highest BCUT2D eigenvalue weighted by molar-refractivity contribution is 5.90. The summed E-state index contributed by atoms with van der Waals surface area (Å²) in [5.41, 5.74) is 0.915. The van der Waals surface area contributed by atoms with Crippen LogP contribution < -0.4 is 0 Å². The molecule has 2 fully saturated rings. The van der Waals surface area contributed by atoms with E-state index in [4.69, 9.17) is 9.68 Å². The highest BCUT2D eigenvalue weighted by atomic mass is 16.4. The fourth-order valence-corrected chi connectivity index (χ4v) is 3.93. The molecule has 2 aromatic rings. The molecule has 2 aliphatic heterocycles. The third kappa shape index (κ3) is 2.47. The lowest BCUT2D eigenvalue weighted by atomic mass is 9.98. The van der Waals surface area contributed by atoms with Gasteiger partial charge in [0.2, 0.25) is 0 Å². The lowest BCUT2D eigenvalue weighted by molar-refractivity contribution is 0.0692. The molecule has 0 aromatic carbocycles. The lowest BCUT2D eigenvalue weighted by Crippen LogP contribution is -2.39. The summed E-state index contributed by atoms with van der Waals surface area (Å²) in [4.78, 5) is 24.4. The van der Waals surface area contributed by atoms with Gasteiger partial charge in [-0.3, -0.25) is 4.79 Å². The summed E-state index contributed by atoms with van der Waals surface area (Å²) in [7, 11) is 0. The number of fused-ring (bicyclic) bond motifs is 1. The third-order valence-electron chi connectivity index (χ3n) is 5.33. The summed E-state index contributed by atoms with van der Waals surface area (Å²) >= 11 is 0. The fraction of sp³-hybridized carbons (Fsp3) is 0.389. The average molecular weight is 348 g/mol. The Hall–Kier alpha value is -3.39. The smallest absolute Gasteiger partial charge is 0.310 e. The normalized spacial score (nSPS) is 24.2. The molecule has 4 rings (SSSR count). The predicted octanol–water partition coefficient (Wildman–Crippen LogP) is 1.62. The first kappa shape index (κ1) is 16.1. The first-order valence-electron chi connectivity index (χ1n) is 8.42. The van der Waals surface area contributed by atoms with Gasteiger partial charge in [0, 0.05) is 36.8 Å². The van der Waals surface area contributed by atoms with E-state index in [2.05, 4.69) is 16.2 Å². The van der Waals surface area contributed by atoms with Crippen molar-refractivity contribution in [2.24, 2.45) is 5.92 Å². The summed E-state index contributed by atoms with van der Waals surface area (Å²) in [6.07, 6.45) is 6.07. The van der Waals surface area contributed by atoms with Crippen LogP contribution in [0.25, 0.3) is 11.3 Å². The van der Waals surface area contributed by atoms with E-state index in [0.29, 0.717) is 30.3 Å². The van der Waals surface area contributed by atoms with Gasteiger partial charge in [0.15, 0.2) is 12.0 Å². The van der Waals surface area contributed by atoms with Crippen molar-refractivity contribution >= 4 is 5.91 Å². The number of carbonyl (C=O) groups is 1. The van der Waals surface area contributed by atoms with Crippen LogP contribution in [0, 0.1) is 28.7 Å². The maximum Gasteiger partial charge on any atom is 0.310 e. The van der Waals surface area contributed by atoms with Crippen LogP contribution in [0.3, 0.4) is 0 Å². The Morgan fingerprint density at radius 1 is 1.38 bits per heavy atom. The van der Waals surface area contributed by atoms with Crippen molar-refractivity contribution < 1.29 is 9.21 Å². The van der Waals surface area contributed by atoms with E-state index >= 15 is 0 Å². The van der Waals surface area contributed by atoms with E-state index in [1.807, 2.05) is 13.0 Å². The molecule has 8 nitrogen and oxygen atoms in total. The van der Waals surface area contributed by atoms with Crippen molar-refractivity contribution in [3.8, 4) is 23.6 Å². The second-order valence-corrected chi connectivity index (χ2v) is 6.58. The molecular weight excluding hydrogens is 332 g/mol. The number of carbonyl (C=O) groups excluding carboxylic acids is 1. The Morgan fingerprint density at radius 2 is 2.23 bits per heavy atom. The summed E-state index contributed by atoms with van der Waals surface area (Å²) in [6.45, 7) is 3.22. The number of amides is 1. The van der Waals surface area contributed by atoms with Gasteiger partial charge in [0.1, 0.15) is 11.8 Å². The summed E-state index contributed by atoms with van der Waals surface area (Å²) in [6, 6.07) is 5.41. The van der Waals surface area contributed by atoms with Crippen LogP contribution in [0.2, 0.25) is 0 Å². The van der Waals surface area contributed by atoms with Crippen LogP contribution in [0.4, 0.5) is 0 Å². The van der Waals surface area contributed by atoms with E-state index < -0.39 is 0 Å². The number of hydrogen-bond donors (Lipinski definition) is 0. The highest BCUT2D eigenvalue weighted by Gasteiger charge is 2.48. The van der Waals surface area contributed by atoms with Gasteiger partial charge >= 0.3 is 5.91 Å². The molecule has 2 aromatic heterocycles. The molecule has 0 aliphatic carbocycles. The van der Waals surface area contributed by atoms with Crippen molar-refractivity contribution in [3.63, 3.8) is 0 Å². The molecule has 0 radical (unpaired) electrons. The molecule has 0 saturated carbocycles. The minimum Gasteiger partial charge on any atom is -0.432 e. The van der Waals surface area contributed by atoms with Gasteiger partial charge in [-0.05, 0) is 25.5 Å². The number of pyridine rings is 1. The Kier molecular flexibility index (Phi) is 3.81. The summed E-state index contributed by atoms with van der Waals surface area (Å²) in [5, 5.41) is 18.2. The molecule has 0 spiro atoms. The average Bonchev–Trinajstić information content (AvgIpc) is 3.38. The summed E-state index contributed by atoms with van der Waals surface area (Å²) in [5.74, 6) is 0.484. The van der Waals surface area contributed by atoms with E-state index in [-0.39, 0.29) is 29.6 Å². The molecule has 0 bridgehead atoms. The largest absolute Gasteiger partial charge is 0.432 e. The molecule has 2 aliphatic rings. The fourth-order valence-electron chi connectivity index (χ4n) is 3.93. The molecule has 4 heterocycles. The van der Waals surface area contributed by atoms with E-state index in [1.165, 1.54) is 12.4 Å². The van der Waals surface area contributed by atoms with Crippen molar-refractivity contribution in [2.45, 2.75) is 25.4 Å². The van der Waals surface area contributed by atoms with Crippen LogP contribution in [-0.2, 0) is 0 Å². The first-order chi connectivity index (χ1) is 12.6.